The fourth-order valence-electron chi connectivity index (χ4n) is 5.65. The van der Waals surface area contributed by atoms with Gasteiger partial charge in [0.05, 0.1) is 31.8 Å². The van der Waals surface area contributed by atoms with Crippen molar-refractivity contribution in [3.05, 3.63) is 49.6 Å². The Bertz CT molecular complexity index is 924. The lowest BCUT2D eigenvalue weighted by Crippen LogP contribution is -2.30. The summed E-state index contributed by atoms with van der Waals surface area (Å²) < 4.78 is 21.3. The number of hydrogen-bond acceptors (Lipinski definition) is 7. The van der Waals surface area contributed by atoms with E-state index in [1.807, 2.05) is 0 Å². The molecule has 2 aliphatic carbocycles. The summed E-state index contributed by atoms with van der Waals surface area (Å²) in [6, 6.07) is 4.68. The van der Waals surface area contributed by atoms with E-state index >= 15 is 0 Å². The molecule has 0 spiro atoms. The molecule has 7 heteroatoms. The van der Waals surface area contributed by atoms with Crippen molar-refractivity contribution in [2.45, 2.75) is 77.6 Å². The lowest BCUT2D eigenvalue weighted by atomic mass is 9.69. The number of methoxy groups -OCH3 is 1. The van der Waals surface area contributed by atoms with Gasteiger partial charge in [0.15, 0.2) is 11.5 Å². The summed E-state index contributed by atoms with van der Waals surface area (Å²) in [4.78, 5) is 36.3. The fourth-order valence-corrected chi connectivity index (χ4v) is 5.65. The van der Waals surface area contributed by atoms with Crippen LogP contribution in [0.5, 0.6) is 11.5 Å². The van der Waals surface area contributed by atoms with E-state index in [-0.39, 0.29) is 25.1 Å². The summed E-state index contributed by atoms with van der Waals surface area (Å²) >= 11 is 0. The molecular weight excluding hydrogens is 496 g/mol. The summed E-state index contributed by atoms with van der Waals surface area (Å²) in [5.41, 5.74) is 0.313. The molecule has 0 saturated heterocycles. The van der Waals surface area contributed by atoms with Gasteiger partial charge < -0.3 is 18.9 Å². The zero-order chi connectivity index (χ0) is 28.6. The zero-order valence-electron chi connectivity index (χ0n) is 23.8. The van der Waals surface area contributed by atoms with Gasteiger partial charge in [-0.05, 0) is 87.3 Å². The summed E-state index contributed by atoms with van der Waals surface area (Å²) in [6.45, 7) is 12.1. The molecule has 3 rings (SSSR count). The normalized spacial score (nSPS) is 22.4. The van der Waals surface area contributed by atoms with Crippen molar-refractivity contribution in [3.63, 3.8) is 0 Å². The van der Waals surface area contributed by atoms with Crippen LogP contribution < -0.4 is 9.47 Å². The monoisotopic (exact) mass is 542 g/mol. The van der Waals surface area contributed by atoms with E-state index in [9.17, 15) is 14.4 Å². The lowest BCUT2D eigenvalue weighted by Gasteiger charge is -2.37. The molecule has 2 saturated carbocycles. The summed E-state index contributed by atoms with van der Waals surface area (Å²) in [5, 5.41) is 0. The third-order valence-corrected chi connectivity index (χ3v) is 8.03. The molecule has 39 heavy (non-hydrogen) atoms. The topological polar surface area (TPSA) is 88.1 Å². The second-order valence-corrected chi connectivity index (χ2v) is 10.3. The number of ether oxygens (including phenoxy) is 4. The molecule has 0 N–H and O–H groups in total. The van der Waals surface area contributed by atoms with E-state index in [1.165, 1.54) is 45.3 Å². The van der Waals surface area contributed by atoms with Crippen LogP contribution in [0.3, 0.4) is 0 Å². The zero-order valence-corrected chi connectivity index (χ0v) is 23.8. The van der Waals surface area contributed by atoms with Gasteiger partial charge >= 0.3 is 17.9 Å². The highest BCUT2D eigenvalue weighted by molar-refractivity contribution is 5.90. The first-order valence-corrected chi connectivity index (χ1v) is 14.3. The van der Waals surface area contributed by atoms with E-state index in [2.05, 4.69) is 26.7 Å². The molecule has 2 fully saturated rings. The van der Waals surface area contributed by atoms with Gasteiger partial charge in [-0.1, -0.05) is 32.8 Å². The minimum Gasteiger partial charge on any atom is -0.493 e. The van der Waals surface area contributed by atoms with Crippen molar-refractivity contribution in [2.24, 2.45) is 23.7 Å². The lowest BCUT2D eigenvalue weighted by molar-refractivity contribution is -0.140. The van der Waals surface area contributed by atoms with E-state index < -0.39 is 11.9 Å². The van der Waals surface area contributed by atoms with Gasteiger partial charge in [-0.3, -0.25) is 4.79 Å². The highest BCUT2D eigenvalue weighted by Crippen LogP contribution is 2.42. The van der Waals surface area contributed by atoms with Gasteiger partial charge in [-0.25, -0.2) is 9.59 Å². The Balaban J connectivity index is 0.00000260. The van der Waals surface area contributed by atoms with Crippen LogP contribution in [0.2, 0.25) is 0 Å². The predicted octanol–water partition coefficient (Wildman–Crippen LogP) is 7.09. The molecule has 7 nitrogen and oxygen atoms in total. The highest BCUT2D eigenvalue weighted by Gasteiger charge is 2.33. The van der Waals surface area contributed by atoms with E-state index in [0.29, 0.717) is 29.9 Å². The Hall–Kier alpha value is -3.09. The minimum atomic E-state index is -0.495. The second kappa shape index (κ2) is 17.5. The van der Waals surface area contributed by atoms with E-state index in [4.69, 9.17) is 18.9 Å². The van der Waals surface area contributed by atoms with E-state index in [0.717, 1.165) is 49.5 Å². The maximum Gasteiger partial charge on any atom is 0.338 e. The molecule has 0 aromatic heterocycles. The first kappa shape index (κ1) is 32.1. The third-order valence-electron chi connectivity index (χ3n) is 8.03. The van der Waals surface area contributed by atoms with Gasteiger partial charge in [0.25, 0.3) is 0 Å². The molecule has 0 bridgehead atoms. The van der Waals surface area contributed by atoms with Gasteiger partial charge in [0, 0.05) is 6.08 Å². The average Bonchev–Trinajstić information content (AvgIpc) is 2.99. The van der Waals surface area contributed by atoms with Gasteiger partial charge in [0.2, 0.25) is 0 Å². The van der Waals surface area contributed by atoms with Crippen LogP contribution in [0.15, 0.2) is 44.0 Å². The van der Waals surface area contributed by atoms with Crippen LogP contribution in [0.4, 0.5) is 0 Å². The van der Waals surface area contributed by atoms with Crippen molar-refractivity contribution in [1.82, 2.24) is 0 Å². The Morgan fingerprint density at radius 2 is 1.46 bits per heavy atom. The molecule has 216 valence electrons. The molecule has 2 aliphatic rings. The van der Waals surface area contributed by atoms with Crippen LogP contribution in [0.25, 0.3) is 0 Å². The van der Waals surface area contributed by atoms with Crippen molar-refractivity contribution in [3.8, 4) is 11.5 Å². The van der Waals surface area contributed by atoms with Crippen LogP contribution in [-0.4, -0.2) is 38.2 Å². The summed E-state index contributed by atoms with van der Waals surface area (Å²) in [7, 11) is 1.48. The Morgan fingerprint density at radius 3 is 2.03 bits per heavy atom. The Kier molecular flexibility index (Phi) is 14.4. The molecule has 0 aliphatic heterocycles. The quantitative estimate of drug-likeness (QED) is 0.0916. The molecule has 0 atom stereocenters. The summed E-state index contributed by atoms with van der Waals surface area (Å²) in [5.74, 6) is 1.82. The molecule has 1 aromatic rings. The second-order valence-electron chi connectivity index (χ2n) is 10.3. The number of hydrogen-bond donors (Lipinski definition) is 0. The molecule has 0 amide bonds. The minimum absolute atomic E-state index is 0.0941. The molecule has 0 heterocycles. The van der Waals surface area contributed by atoms with Crippen LogP contribution in [0.1, 0.15) is 87.9 Å². The average molecular weight is 543 g/mol. The Labute approximate surface area is 233 Å². The van der Waals surface area contributed by atoms with Crippen molar-refractivity contribution in [1.29, 1.82) is 0 Å². The van der Waals surface area contributed by atoms with Crippen molar-refractivity contribution in [2.75, 3.05) is 20.3 Å². The molecular formula is C32H46O7. The highest BCUT2D eigenvalue weighted by atomic mass is 16.6. The Morgan fingerprint density at radius 1 is 0.872 bits per heavy atom. The SMILES string of the molecule is C=C.C=CC(=O)OCCCCOC(=O)c1ccc(OC(=O)C2CCC(C3CCC(CC)CC3)CC2)c(OC)c1. The first-order chi connectivity index (χ1) is 18.9. The number of carbonyl (C=O) groups is 3. The predicted molar refractivity (Wildman–Crippen MR) is 152 cm³/mol. The standard InChI is InChI=1S/C30H42O7.C2H4/c1-4-21-8-10-22(11-9-21)23-12-14-24(15-13-23)30(33)37-26-17-16-25(20-27(26)34-3)29(32)36-19-7-6-18-35-28(31)5-2;1-2/h5,16-17,20-24H,2,4,6-15,18-19H2,1,3H3;1-2H2. The largest absolute Gasteiger partial charge is 0.493 e. The number of rotatable bonds is 12. The maximum absolute atomic E-state index is 12.9. The summed E-state index contributed by atoms with van der Waals surface area (Å²) in [6.07, 6.45) is 12.9. The van der Waals surface area contributed by atoms with Crippen LogP contribution >= 0.6 is 0 Å². The maximum atomic E-state index is 12.9. The first-order valence-electron chi connectivity index (χ1n) is 14.3. The number of unbranched alkanes of at least 4 members (excludes halogenated alkanes) is 1. The number of carbonyl (C=O) groups excluding carboxylic acids is 3. The molecule has 0 radical (unpaired) electrons. The van der Waals surface area contributed by atoms with Crippen LogP contribution in [0, 0.1) is 23.7 Å². The number of benzene rings is 1. The smallest absolute Gasteiger partial charge is 0.338 e. The van der Waals surface area contributed by atoms with Crippen molar-refractivity contribution >= 4 is 17.9 Å². The van der Waals surface area contributed by atoms with Crippen LogP contribution in [-0.2, 0) is 19.1 Å². The van der Waals surface area contributed by atoms with E-state index in [1.54, 1.807) is 12.1 Å². The number of esters is 3. The van der Waals surface area contributed by atoms with Gasteiger partial charge in [-0.2, -0.15) is 0 Å². The fraction of sp³-hybridized carbons (Fsp3) is 0.594. The van der Waals surface area contributed by atoms with Crippen molar-refractivity contribution < 1.29 is 33.3 Å². The van der Waals surface area contributed by atoms with Gasteiger partial charge in [0.1, 0.15) is 0 Å². The van der Waals surface area contributed by atoms with Gasteiger partial charge in [-0.15, -0.1) is 13.2 Å². The third kappa shape index (κ3) is 10.2. The molecule has 0 unspecified atom stereocenters. The molecule has 1 aromatic carbocycles.